The number of nitrogens with zero attached hydrogens (tertiary/aromatic N) is 2. The average molecular weight is 397 g/mol. The van der Waals surface area contributed by atoms with Crippen molar-refractivity contribution in [3.63, 3.8) is 0 Å². The zero-order chi connectivity index (χ0) is 18.6. The van der Waals surface area contributed by atoms with Gasteiger partial charge in [-0.25, -0.2) is 8.42 Å². The maximum absolute atomic E-state index is 12.2. The molecular formula is C17H21ClN4O3S. The molecule has 1 aliphatic rings. The Bertz CT molecular complexity index is 864. The van der Waals surface area contributed by atoms with E-state index in [1.807, 2.05) is 12.1 Å². The molecular weight excluding hydrogens is 376 g/mol. The summed E-state index contributed by atoms with van der Waals surface area (Å²) in [4.78, 5) is 12.2. The van der Waals surface area contributed by atoms with Crippen LogP contribution in [-0.4, -0.2) is 54.7 Å². The minimum atomic E-state index is -3.05. The number of nitrogens with one attached hydrogen (secondary N) is 2. The lowest BCUT2D eigenvalue weighted by Crippen LogP contribution is -2.45. The van der Waals surface area contributed by atoms with Gasteiger partial charge >= 0.3 is 0 Å². The summed E-state index contributed by atoms with van der Waals surface area (Å²) in [7, 11) is -3.05. The molecule has 0 spiro atoms. The largest absolute Gasteiger partial charge is 0.352 e. The number of sulfone groups is 1. The van der Waals surface area contributed by atoms with Gasteiger partial charge in [0.05, 0.1) is 28.8 Å². The molecule has 1 atom stereocenters. The van der Waals surface area contributed by atoms with Crippen LogP contribution in [0.4, 0.5) is 0 Å². The van der Waals surface area contributed by atoms with E-state index in [4.69, 9.17) is 11.6 Å². The summed E-state index contributed by atoms with van der Waals surface area (Å²) in [5, 5.41) is 10.1. The van der Waals surface area contributed by atoms with Crippen LogP contribution in [0.3, 0.4) is 0 Å². The summed E-state index contributed by atoms with van der Waals surface area (Å²) in [6.07, 6.45) is 3.72. The number of aromatic nitrogens is 2. The Morgan fingerprint density at radius 3 is 2.77 bits per heavy atom. The van der Waals surface area contributed by atoms with Crippen LogP contribution in [0.1, 0.15) is 22.3 Å². The van der Waals surface area contributed by atoms with Gasteiger partial charge in [-0.2, -0.15) is 5.10 Å². The van der Waals surface area contributed by atoms with E-state index in [1.165, 1.54) is 0 Å². The van der Waals surface area contributed by atoms with Crippen LogP contribution in [0.15, 0.2) is 36.7 Å². The van der Waals surface area contributed by atoms with Crippen molar-refractivity contribution in [2.24, 2.45) is 0 Å². The Hall–Kier alpha value is -1.90. The summed E-state index contributed by atoms with van der Waals surface area (Å²) in [6.45, 7) is 1.85. The van der Waals surface area contributed by atoms with Gasteiger partial charge in [0.1, 0.15) is 0 Å². The molecule has 9 heteroatoms. The maximum Gasteiger partial charge on any atom is 0.251 e. The monoisotopic (exact) mass is 396 g/mol. The highest BCUT2D eigenvalue weighted by Crippen LogP contribution is 2.11. The topological polar surface area (TPSA) is 93.1 Å². The van der Waals surface area contributed by atoms with Crippen molar-refractivity contribution >= 4 is 27.3 Å². The SMILES string of the molecule is O=C(NCCC1CNCCS1(=O)=O)c1ccc(Cn2cc(Cl)cn2)cc1. The Morgan fingerprint density at radius 2 is 2.12 bits per heavy atom. The van der Waals surface area contributed by atoms with Gasteiger partial charge in [-0.05, 0) is 24.1 Å². The molecule has 0 radical (unpaired) electrons. The summed E-state index contributed by atoms with van der Waals surface area (Å²) in [6, 6.07) is 7.21. The van der Waals surface area contributed by atoms with Crippen molar-refractivity contribution in [2.75, 3.05) is 25.4 Å². The molecule has 0 bridgehead atoms. The summed E-state index contributed by atoms with van der Waals surface area (Å²) in [5.74, 6) is -0.0472. The van der Waals surface area contributed by atoms with Gasteiger partial charge in [0.2, 0.25) is 0 Å². The first kappa shape index (κ1) is 18.9. The molecule has 2 aromatic rings. The van der Waals surface area contributed by atoms with Gasteiger partial charge in [-0.3, -0.25) is 9.48 Å². The smallest absolute Gasteiger partial charge is 0.251 e. The normalized spacial score (nSPS) is 19.2. The van der Waals surface area contributed by atoms with E-state index < -0.39 is 15.1 Å². The Kier molecular flexibility index (Phi) is 5.95. The molecule has 0 saturated carbocycles. The molecule has 1 aromatic carbocycles. The van der Waals surface area contributed by atoms with Crippen LogP contribution in [0.2, 0.25) is 5.02 Å². The number of carbonyl (C=O) groups is 1. The van der Waals surface area contributed by atoms with Crippen LogP contribution in [0.25, 0.3) is 0 Å². The molecule has 1 aromatic heterocycles. The average Bonchev–Trinajstić information content (AvgIpc) is 3.01. The van der Waals surface area contributed by atoms with Crippen LogP contribution in [0.5, 0.6) is 0 Å². The summed E-state index contributed by atoms with van der Waals surface area (Å²) >= 11 is 5.84. The fourth-order valence-corrected chi connectivity index (χ4v) is 4.64. The molecule has 2 heterocycles. The molecule has 1 fully saturated rings. The van der Waals surface area contributed by atoms with Gasteiger partial charge < -0.3 is 10.6 Å². The molecule has 1 aliphatic heterocycles. The van der Waals surface area contributed by atoms with Gasteiger partial charge in [-0.1, -0.05) is 23.7 Å². The lowest BCUT2D eigenvalue weighted by atomic mass is 10.1. The maximum atomic E-state index is 12.2. The van der Waals surface area contributed by atoms with Crippen molar-refractivity contribution in [1.29, 1.82) is 0 Å². The summed E-state index contributed by atoms with van der Waals surface area (Å²) in [5.41, 5.74) is 1.54. The number of hydrogen-bond acceptors (Lipinski definition) is 5. The third-order valence-corrected chi connectivity index (χ3v) is 6.74. The quantitative estimate of drug-likeness (QED) is 0.762. The van der Waals surface area contributed by atoms with E-state index >= 15 is 0 Å². The first-order chi connectivity index (χ1) is 12.4. The molecule has 7 nitrogen and oxygen atoms in total. The molecule has 2 N–H and O–H groups in total. The predicted molar refractivity (Wildman–Crippen MR) is 100 cm³/mol. The zero-order valence-electron chi connectivity index (χ0n) is 14.2. The molecule has 1 amide bonds. The molecule has 0 aliphatic carbocycles. The number of amides is 1. The van der Waals surface area contributed by atoms with Crippen molar-refractivity contribution < 1.29 is 13.2 Å². The van der Waals surface area contributed by atoms with Crippen molar-refractivity contribution in [1.82, 2.24) is 20.4 Å². The Morgan fingerprint density at radius 1 is 1.35 bits per heavy atom. The first-order valence-electron chi connectivity index (χ1n) is 8.41. The fraction of sp³-hybridized carbons (Fsp3) is 0.412. The second kappa shape index (κ2) is 8.20. The van der Waals surface area contributed by atoms with Crippen LogP contribution < -0.4 is 10.6 Å². The standard InChI is InChI=1S/C17H21ClN4O3S/c18-15-9-21-22(12-15)11-13-1-3-14(4-2-13)17(23)20-6-5-16-10-19-7-8-26(16,24)25/h1-4,9,12,16,19H,5-8,10-11H2,(H,20,23). The Balaban J connectivity index is 1.50. The third-order valence-electron chi connectivity index (χ3n) is 4.36. The van der Waals surface area contributed by atoms with Gasteiger partial charge in [0.15, 0.2) is 9.84 Å². The minimum Gasteiger partial charge on any atom is -0.352 e. The van der Waals surface area contributed by atoms with E-state index in [2.05, 4.69) is 15.7 Å². The number of benzene rings is 1. The second-order valence-electron chi connectivity index (χ2n) is 6.29. The molecule has 1 saturated heterocycles. The molecule has 26 heavy (non-hydrogen) atoms. The Labute approximate surface area is 157 Å². The minimum absolute atomic E-state index is 0.161. The number of hydrogen-bond donors (Lipinski definition) is 2. The number of halogens is 1. The van der Waals surface area contributed by atoms with Crippen LogP contribution in [-0.2, 0) is 16.4 Å². The van der Waals surface area contributed by atoms with E-state index in [0.29, 0.717) is 43.2 Å². The van der Waals surface area contributed by atoms with Crippen LogP contribution in [0, 0.1) is 0 Å². The highest BCUT2D eigenvalue weighted by molar-refractivity contribution is 7.92. The fourth-order valence-electron chi connectivity index (χ4n) is 2.87. The summed E-state index contributed by atoms with van der Waals surface area (Å²) < 4.78 is 25.6. The highest BCUT2D eigenvalue weighted by atomic mass is 35.5. The van der Waals surface area contributed by atoms with E-state index in [0.717, 1.165) is 5.56 Å². The third kappa shape index (κ3) is 4.84. The van der Waals surface area contributed by atoms with Crippen molar-refractivity contribution in [3.05, 3.63) is 52.8 Å². The van der Waals surface area contributed by atoms with E-state index in [9.17, 15) is 13.2 Å². The van der Waals surface area contributed by atoms with Crippen molar-refractivity contribution in [2.45, 2.75) is 18.2 Å². The van der Waals surface area contributed by atoms with E-state index in [-0.39, 0.29) is 11.7 Å². The highest BCUT2D eigenvalue weighted by Gasteiger charge is 2.28. The number of rotatable bonds is 6. The van der Waals surface area contributed by atoms with Crippen molar-refractivity contribution in [3.8, 4) is 0 Å². The van der Waals surface area contributed by atoms with Gasteiger partial charge in [-0.15, -0.1) is 0 Å². The first-order valence-corrected chi connectivity index (χ1v) is 10.5. The second-order valence-corrected chi connectivity index (χ2v) is 9.13. The molecule has 140 valence electrons. The lowest BCUT2D eigenvalue weighted by Gasteiger charge is -2.23. The lowest BCUT2D eigenvalue weighted by molar-refractivity contribution is 0.0953. The zero-order valence-corrected chi connectivity index (χ0v) is 15.8. The van der Waals surface area contributed by atoms with E-state index in [1.54, 1.807) is 29.2 Å². The molecule has 3 rings (SSSR count). The number of carbonyl (C=O) groups excluding carboxylic acids is 1. The van der Waals surface area contributed by atoms with Gasteiger partial charge in [0.25, 0.3) is 5.91 Å². The predicted octanol–water partition coefficient (Wildman–Crippen LogP) is 1.09. The van der Waals surface area contributed by atoms with Crippen LogP contribution >= 0.6 is 11.6 Å². The molecule has 1 unspecified atom stereocenters. The van der Waals surface area contributed by atoms with Gasteiger partial charge in [0, 0.05) is 31.4 Å².